The summed E-state index contributed by atoms with van der Waals surface area (Å²) >= 11 is 0. The van der Waals surface area contributed by atoms with E-state index >= 15 is 0 Å². The van der Waals surface area contributed by atoms with Gasteiger partial charge in [0.25, 0.3) is 0 Å². The number of rotatable bonds is 1. The fraction of sp³-hybridized carbons (Fsp3) is 0.0769. The molecule has 2 rings (SSSR count). The molecule has 0 aliphatic heterocycles. The maximum atomic E-state index is 13.0. The van der Waals surface area contributed by atoms with Gasteiger partial charge in [0.15, 0.2) is 0 Å². The second-order valence-electron chi connectivity index (χ2n) is 3.81. The lowest BCUT2D eigenvalue weighted by Crippen LogP contribution is -2.05. The van der Waals surface area contributed by atoms with Crippen LogP contribution in [0.25, 0.3) is 11.1 Å². The van der Waals surface area contributed by atoms with Crippen LogP contribution in [0.5, 0.6) is 0 Å². The SMILES string of the molecule is Bc1ccc(-c2cccc(F)c2)cc1C. The number of halogens is 1. The maximum Gasteiger partial charge on any atom is 0.139 e. The van der Waals surface area contributed by atoms with E-state index in [1.54, 1.807) is 12.1 Å². The second-order valence-corrected chi connectivity index (χ2v) is 3.81. The summed E-state index contributed by atoms with van der Waals surface area (Å²) in [4.78, 5) is 0. The Balaban J connectivity index is 2.50. The van der Waals surface area contributed by atoms with Crippen LogP contribution in [0.2, 0.25) is 0 Å². The minimum Gasteiger partial charge on any atom is -0.207 e. The molecule has 2 aromatic rings. The molecule has 0 amide bonds. The van der Waals surface area contributed by atoms with Gasteiger partial charge in [-0.25, -0.2) is 4.39 Å². The predicted molar refractivity (Wildman–Crippen MR) is 64.8 cm³/mol. The fourth-order valence-corrected chi connectivity index (χ4v) is 1.59. The van der Waals surface area contributed by atoms with Gasteiger partial charge in [-0.2, -0.15) is 0 Å². The molecule has 0 heterocycles. The molecule has 0 N–H and O–H groups in total. The zero-order valence-corrected chi connectivity index (χ0v) is 8.92. The van der Waals surface area contributed by atoms with Crippen LogP contribution in [-0.4, -0.2) is 7.85 Å². The van der Waals surface area contributed by atoms with E-state index in [4.69, 9.17) is 0 Å². The highest BCUT2D eigenvalue weighted by Crippen LogP contribution is 2.19. The van der Waals surface area contributed by atoms with Crippen molar-refractivity contribution in [1.82, 2.24) is 0 Å². The summed E-state index contributed by atoms with van der Waals surface area (Å²) in [7, 11) is 2.07. The van der Waals surface area contributed by atoms with Gasteiger partial charge in [0.2, 0.25) is 0 Å². The molecule has 0 saturated carbocycles. The van der Waals surface area contributed by atoms with Crippen LogP contribution in [-0.2, 0) is 0 Å². The highest BCUT2D eigenvalue weighted by atomic mass is 19.1. The molecule has 0 spiro atoms. The average molecular weight is 198 g/mol. The molecule has 0 bridgehead atoms. The Bertz CT molecular complexity index is 492. The highest BCUT2D eigenvalue weighted by molar-refractivity contribution is 6.33. The first-order valence-corrected chi connectivity index (χ1v) is 5.00. The van der Waals surface area contributed by atoms with E-state index in [1.165, 1.54) is 17.1 Å². The van der Waals surface area contributed by atoms with Gasteiger partial charge in [0.05, 0.1) is 0 Å². The summed E-state index contributed by atoms with van der Waals surface area (Å²) in [5, 5.41) is 0. The molecule has 74 valence electrons. The molecule has 15 heavy (non-hydrogen) atoms. The molecular weight excluding hydrogens is 186 g/mol. The molecule has 2 aromatic carbocycles. The smallest absolute Gasteiger partial charge is 0.139 e. The van der Waals surface area contributed by atoms with Gasteiger partial charge in [0, 0.05) is 0 Å². The van der Waals surface area contributed by atoms with Gasteiger partial charge >= 0.3 is 0 Å². The summed E-state index contributed by atoms with van der Waals surface area (Å²) in [5.74, 6) is -0.189. The van der Waals surface area contributed by atoms with Crippen LogP contribution in [0.4, 0.5) is 4.39 Å². The van der Waals surface area contributed by atoms with Gasteiger partial charge in [-0.15, -0.1) is 0 Å². The summed E-state index contributed by atoms with van der Waals surface area (Å²) < 4.78 is 13.0. The molecule has 0 saturated heterocycles. The van der Waals surface area contributed by atoms with Crippen LogP contribution in [0, 0.1) is 12.7 Å². The Kier molecular flexibility index (Phi) is 2.59. The van der Waals surface area contributed by atoms with E-state index in [1.807, 2.05) is 12.1 Å². The maximum absolute atomic E-state index is 13.0. The Morgan fingerprint density at radius 1 is 1.00 bits per heavy atom. The molecule has 0 aromatic heterocycles. The number of aryl methyl sites for hydroxylation is 1. The van der Waals surface area contributed by atoms with Gasteiger partial charge in [-0.3, -0.25) is 0 Å². The zero-order valence-electron chi connectivity index (χ0n) is 8.92. The molecule has 0 nitrogen and oxygen atoms in total. The van der Waals surface area contributed by atoms with E-state index in [0.29, 0.717) is 0 Å². The second kappa shape index (κ2) is 3.89. The van der Waals surface area contributed by atoms with E-state index in [-0.39, 0.29) is 5.82 Å². The molecule has 0 atom stereocenters. The van der Waals surface area contributed by atoms with Crippen molar-refractivity contribution in [1.29, 1.82) is 0 Å². The minimum absolute atomic E-state index is 0.189. The first kappa shape index (κ1) is 9.97. The van der Waals surface area contributed by atoms with Crippen LogP contribution in [0.15, 0.2) is 42.5 Å². The zero-order chi connectivity index (χ0) is 10.8. The Hall–Kier alpha value is -1.57. The highest BCUT2D eigenvalue weighted by Gasteiger charge is 2.00. The van der Waals surface area contributed by atoms with Crippen molar-refractivity contribution in [3.05, 3.63) is 53.8 Å². The molecule has 0 aliphatic rings. The average Bonchev–Trinajstić information content (AvgIpc) is 2.22. The monoisotopic (exact) mass is 198 g/mol. The quantitative estimate of drug-likeness (QED) is 0.615. The third kappa shape index (κ3) is 2.09. The van der Waals surface area contributed by atoms with E-state index < -0.39 is 0 Å². The molecule has 2 heteroatoms. The van der Waals surface area contributed by atoms with Crippen molar-refractivity contribution in [3.63, 3.8) is 0 Å². The minimum atomic E-state index is -0.189. The van der Waals surface area contributed by atoms with Crippen molar-refractivity contribution >= 4 is 13.3 Å². The van der Waals surface area contributed by atoms with Gasteiger partial charge in [-0.05, 0) is 30.2 Å². The van der Waals surface area contributed by atoms with Crippen LogP contribution in [0.1, 0.15) is 5.56 Å². The van der Waals surface area contributed by atoms with Crippen LogP contribution < -0.4 is 5.46 Å². The number of hydrogen-bond donors (Lipinski definition) is 0. The molecule has 0 radical (unpaired) electrons. The largest absolute Gasteiger partial charge is 0.207 e. The van der Waals surface area contributed by atoms with Crippen molar-refractivity contribution < 1.29 is 4.39 Å². The first-order chi connectivity index (χ1) is 7.16. The standard InChI is InChI=1S/C13H12BF/c1-9-7-11(5-6-13(9)14)10-3-2-4-12(15)8-10/h2-8H,14H2,1H3. The van der Waals surface area contributed by atoms with Gasteiger partial charge < -0.3 is 0 Å². The lowest BCUT2D eigenvalue weighted by Gasteiger charge is -2.05. The molecule has 0 aliphatic carbocycles. The van der Waals surface area contributed by atoms with Crippen molar-refractivity contribution in [3.8, 4) is 11.1 Å². The summed E-state index contributed by atoms with van der Waals surface area (Å²) in [6, 6.07) is 12.9. The molecule has 0 unspecified atom stereocenters. The van der Waals surface area contributed by atoms with Crippen LogP contribution in [0.3, 0.4) is 0 Å². The van der Waals surface area contributed by atoms with E-state index in [2.05, 4.69) is 26.9 Å². The summed E-state index contributed by atoms with van der Waals surface area (Å²) in [6.07, 6.45) is 0. The molecular formula is C13H12BF. The third-order valence-electron chi connectivity index (χ3n) is 2.66. The summed E-state index contributed by atoms with van der Waals surface area (Å²) in [6.45, 7) is 2.07. The van der Waals surface area contributed by atoms with Crippen LogP contribution >= 0.6 is 0 Å². The summed E-state index contributed by atoms with van der Waals surface area (Å²) in [5.41, 5.74) is 4.49. The lowest BCUT2D eigenvalue weighted by atomic mass is 9.89. The Morgan fingerprint density at radius 2 is 1.73 bits per heavy atom. The Labute approximate surface area is 90.2 Å². The molecule has 0 fully saturated rings. The topological polar surface area (TPSA) is 0 Å². The lowest BCUT2D eigenvalue weighted by molar-refractivity contribution is 0.628. The first-order valence-electron chi connectivity index (χ1n) is 5.00. The van der Waals surface area contributed by atoms with Gasteiger partial charge in [0.1, 0.15) is 13.7 Å². The van der Waals surface area contributed by atoms with Crippen molar-refractivity contribution in [2.75, 3.05) is 0 Å². The van der Waals surface area contributed by atoms with Crippen molar-refractivity contribution in [2.45, 2.75) is 6.92 Å². The fourth-order valence-electron chi connectivity index (χ4n) is 1.59. The van der Waals surface area contributed by atoms with E-state index in [0.717, 1.165) is 11.1 Å². The normalized spacial score (nSPS) is 10.3. The predicted octanol–water partition coefficient (Wildman–Crippen LogP) is 2.06. The van der Waals surface area contributed by atoms with Crippen molar-refractivity contribution in [2.24, 2.45) is 0 Å². The third-order valence-corrected chi connectivity index (χ3v) is 2.66. The number of benzene rings is 2. The van der Waals surface area contributed by atoms with E-state index in [9.17, 15) is 4.39 Å². The number of hydrogen-bond acceptors (Lipinski definition) is 0. The van der Waals surface area contributed by atoms with Gasteiger partial charge in [-0.1, -0.05) is 41.4 Å². The Morgan fingerprint density at radius 3 is 2.40 bits per heavy atom.